The van der Waals surface area contributed by atoms with Crippen LogP contribution in [0, 0.1) is 19.3 Å². The molecule has 0 bridgehead atoms. The summed E-state index contributed by atoms with van der Waals surface area (Å²) in [5, 5.41) is 33.7. The topological polar surface area (TPSA) is 104 Å². The van der Waals surface area contributed by atoms with Crippen LogP contribution in [-0.4, -0.2) is 38.9 Å². The van der Waals surface area contributed by atoms with Crippen LogP contribution in [0.25, 0.3) is 17.7 Å². The Hall–Kier alpha value is -3.38. The number of aliphatic imine (C=N–C) groups is 1. The molecule has 1 heterocycles. The van der Waals surface area contributed by atoms with E-state index >= 15 is 0 Å². The van der Waals surface area contributed by atoms with Crippen molar-refractivity contribution in [3.63, 3.8) is 0 Å². The summed E-state index contributed by atoms with van der Waals surface area (Å²) in [5.74, 6) is 0.0764. The van der Waals surface area contributed by atoms with Crippen molar-refractivity contribution < 1.29 is 10.2 Å². The van der Waals surface area contributed by atoms with Crippen molar-refractivity contribution >= 4 is 29.3 Å². The molecule has 188 valence electrons. The van der Waals surface area contributed by atoms with E-state index in [0.29, 0.717) is 17.8 Å². The molecule has 0 unspecified atom stereocenters. The zero-order valence-electron chi connectivity index (χ0n) is 22.3. The van der Waals surface area contributed by atoms with Crippen LogP contribution >= 0.6 is 0 Å². The first-order valence-electron chi connectivity index (χ1n) is 12.0. The molecule has 1 aromatic heterocycles. The molecule has 0 amide bonds. The van der Waals surface area contributed by atoms with Gasteiger partial charge in [0.2, 0.25) is 0 Å². The van der Waals surface area contributed by atoms with E-state index < -0.39 is 5.60 Å². The Labute approximate surface area is 209 Å². The molecule has 0 aliphatic rings. The predicted octanol–water partition coefficient (Wildman–Crippen LogP) is 4.46. The van der Waals surface area contributed by atoms with E-state index in [1.807, 2.05) is 19.9 Å². The highest BCUT2D eigenvalue weighted by molar-refractivity contribution is 6.10. The monoisotopic (exact) mass is 476 g/mol. The smallest absolute Gasteiger partial charge is 0.198 e. The molecule has 2 aromatic rings. The second-order valence-corrected chi connectivity index (χ2v) is 9.52. The molecule has 0 aliphatic carbocycles. The van der Waals surface area contributed by atoms with Gasteiger partial charge in [-0.15, -0.1) is 0 Å². The molecule has 2 rings (SSSR count). The average Bonchev–Trinajstić information content (AvgIpc) is 3.06. The largest absolute Gasteiger partial charge is 0.494 e. The minimum absolute atomic E-state index is 0.0246. The molecule has 0 atom stereocenters. The number of aliphatic hydroxyl groups is 1. The highest BCUT2D eigenvalue weighted by atomic mass is 16.3. The van der Waals surface area contributed by atoms with Gasteiger partial charge in [0, 0.05) is 28.9 Å². The highest BCUT2D eigenvalue weighted by Crippen LogP contribution is 2.25. The van der Waals surface area contributed by atoms with E-state index in [0.717, 1.165) is 28.3 Å². The molecular formula is C29H40N4O2. The van der Waals surface area contributed by atoms with Crippen LogP contribution in [-0.2, 0) is 0 Å². The van der Waals surface area contributed by atoms with Crippen molar-refractivity contribution in [1.82, 2.24) is 10.3 Å². The number of allylic oxidation sites excluding steroid dienone is 3. The number of hydrogen-bond acceptors (Lipinski definition) is 4. The molecular weight excluding hydrogens is 436 g/mol. The SMILES string of the molecule is C/C=c1/[nH]c(O)c(C(C)=NC(=N)/C=C(/C)NCC(C)(C)O)/c1=C/C(=C/CC)c1c(C)cccc1C. The third-order valence-corrected chi connectivity index (χ3v) is 5.63. The van der Waals surface area contributed by atoms with Crippen molar-refractivity contribution in [2.24, 2.45) is 4.99 Å². The van der Waals surface area contributed by atoms with E-state index in [-0.39, 0.29) is 11.7 Å². The lowest BCUT2D eigenvalue weighted by molar-refractivity contribution is 0.0826. The Morgan fingerprint density at radius 3 is 2.34 bits per heavy atom. The molecule has 6 heteroatoms. The van der Waals surface area contributed by atoms with E-state index in [1.54, 1.807) is 26.8 Å². The minimum Gasteiger partial charge on any atom is -0.494 e. The first kappa shape index (κ1) is 27.9. The summed E-state index contributed by atoms with van der Waals surface area (Å²) in [7, 11) is 0. The lowest BCUT2D eigenvalue weighted by Gasteiger charge is -2.18. The molecule has 0 fully saturated rings. The summed E-state index contributed by atoms with van der Waals surface area (Å²) < 4.78 is 0. The number of aromatic hydroxyl groups is 1. The molecule has 0 spiro atoms. The Kier molecular flexibility index (Phi) is 9.43. The second kappa shape index (κ2) is 11.8. The van der Waals surface area contributed by atoms with Crippen LogP contribution in [0.1, 0.15) is 70.2 Å². The number of H-pyrrole nitrogens is 1. The van der Waals surface area contributed by atoms with Crippen LogP contribution in [0.15, 0.2) is 41.0 Å². The fourth-order valence-electron chi connectivity index (χ4n) is 4.02. The normalized spacial score (nSPS) is 14.6. The summed E-state index contributed by atoms with van der Waals surface area (Å²) in [6.45, 7) is 15.7. The highest BCUT2D eigenvalue weighted by Gasteiger charge is 2.14. The fourth-order valence-corrected chi connectivity index (χ4v) is 4.02. The Morgan fingerprint density at radius 1 is 1.17 bits per heavy atom. The summed E-state index contributed by atoms with van der Waals surface area (Å²) >= 11 is 0. The molecule has 0 aliphatic heterocycles. The lowest BCUT2D eigenvalue weighted by atomic mass is 9.93. The van der Waals surface area contributed by atoms with Gasteiger partial charge in [0.15, 0.2) is 5.88 Å². The van der Waals surface area contributed by atoms with Crippen LogP contribution in [0.4, 0.5) is 0 Å². The van der Waals surface area contributed by atoms with Crippen LogP contribution in [0.3, 0.4) is 0 Å². The van der Waals surface area contributed by atoms with Crippen molar-refractivity contribution in [2.75, 3.05) is 6.54 Å². The number of aryl methyl sites for hydroxylation is 2. The van der Waals surface area contributed by atoms with E-state index in [9.17, 15) is 10.2 Å². The maximum Gasteiger partial charge on any atom is 0.198 e. The maximum absolute atomic E-state index is 10.8. The number of nitrogens with zero attached hydrogens (tertiary/aromatic N) is 1. The van der Waals surface area contributed by atoms with E-state index in [1.165, 1.54) is 16.7 Å². The zero-order valence-corrected chi connectivity index (χ0v) is 22.3. The zero-order chi connectivity index (χ0) is 26.3. The van der Waals surface area contributed by atoms with Gasteiger partial charge in [0.25, 0.3) is 0 Å². The molecule has 5 N–H and O–H groups in total. The van der Waals surface area contributed by atoms with E-state index in [4.69, 9.17) is 5.41 Å². The van der Waals surface area contributed by atoms with Crippen LogP contribution in [0.5, 0.6) is 5.88 Å². The Balaban J connectivity index is 2.61. The van der Waals surface area contributed by atoms with Crippen molar-refractivity contribution in [3.05, 3.63) is 68.9 Å². The maximum atomic E-state index is 10.8. The summed E-state index contributed by atoms with van der Waals surface area (Å²) in [5.41, 5.74) is 5.63. The van der Waals surface area contributed by atoms with Gasteiger partial charge >= 0.3 is 0 Å². The molecule has 6 nitrogen and oxygen atoms in total. The first-order chi connectivity index (χ1) is 16.4. The third kappa shape index (κ3) is 7.55. The summed E-state index contributed by atoms with van der Waals surface area (Å²) in [6.07, 6.45) is 8.68. The number of benzene rings is 1. The van der Waals surface area contributed by atoms with Crippen LogP contribution in [0.2, 0.25) is 0 Å². The molecule has 0 saturated carbocycles. The number of nitrogens with one attached hydrogen (secondary N) is 3. The van der Waals surface area contributed by atoms with Gasteiger partial charge in [-0.3, -0.25) is 5.41 Å². The molecule has 0 saturated heterocycles. The fraction of sp³-hybridized carbons (Fsp3) is 0.379. The number of aromatic amines is 1. The average molecular weight is 477 g/mol. The van der Waals surface area contributed by atoms with Gasteiger partial charge in [0.05, 0.1) is 16.9 Å². The van der Waals surface area contributed by atoms with Gasteiger partial charge in [-0.2, -0.15) is 0 Å². The van der Waals surface area contributed by atoms with Gasteiger partial charge in [-0.05, 0) is 83.2 Å². The lowest BCUT2D eigenvalue weighted by Crippen LogP contribution is -2.33. The van der Waals surface area contributed by atoms with Gasteiger partial charge in [-0.25, -0.2) is 4.99 Å². The van der Waals surface area contributed by atoms with Crippen molar-refractivity contribution in [1.29, 1.82) is 5.41 Å². The Morgan fingerprint density at radius 2 is 1.80 bits per heavy atom. The predicted molar refractivity (Wildman–Crippen MR) is 148 cm³/mol. The Bertz CT molecular complexity index is 1260. The number of aromatic nitrogens is 1. The van der Waals surface area contributed by atoms with E-state index in [2.05, 4.69) is 66.4 Å². The van der Waals surface area contributed by atoms with Crippen LogP contribution < -0.4 is 15.9 Å². The second-order valence-electron chi connectivity index (χ2n) is 9.52. The van der Waals surface area contributed by atoms with Crippen molar-refractivity contribution in [3.8, 4) is 5.88 Å². The quantitative estimate of drug-likeness (QED) is 0.287. The summed E-state index contributed by atoms with van der Waals surface area (Å²) in [4.78, 5) is 7.51. The number of rotatable bonds is 8. The number of amidine groups is 1. The molecule has 35 heavy (non-hydrogen) atoms. The number of hydrogen-bond donors (Lipinski definition) is 5. The first-order valence-corrected chi connectivity index (χ1v) is 12.0. The van der Waals surface area contributed by atoms with Gasteiger partial charge in [0.1, 0.15) is 5.84 Å². The van der Waals surface area contributed by atoms with Crippen molar-refractivity contribution in [2.45, 2.75) is 67.4 Å². The van der Waals surface area contributed by atoms with Gasteiger partial charge in [-0.1, -0.05) is 37.3 Å². The molecule has 0 radical (unpaired) electrons. The minimum atomic E-state index is -0.857. The standard InChI is InChI=1S/C29H40N4O2/c1-9-12-22(26-18(3)13-11-14-19(26)4)16-23-24(10-2)33-28(34)27(23)21(6)32-25(30)15-20(5)31-17-29(7,8)35/h10-16,30-31,33-35H,9,17H2,1-8H3/b20-15-,22-12-,23-16+,24-10+,30-25?,32-21?. The third-order valence-electron chi connectivity index (χ3n) is 5.63. The summed E-state index contributed by atoms with van der Waals surface area (Å²) in [6, 6.07) is 6.28. The van der Waals surface area contributed by atoms with Gasteiger partial charge < -0.3 is 20.5 Å². The molecule has 1 aromatic carbocycles.